The summed E-state index contributed by atoms with van der Waals surface area (Å²) in [7, 11) is -7.86. The Morgan fingerprint density at radius 3 is 2.37 bits per heavy atom. The molecule has 2 heterocycles. The first-order chi connectivity index (χ1) is 25.7. The van der Waals surface area contributed by atoms with E-state index in [0.717, 1.165) is 36.1 Å². The molecule has 5 atom stereocenters. The number of unbranched alkanes of at least 4 members (excludes halogenated alkanes) is 2. The SMILES string of the molecule is CCCCOP(=O)(COc1ccc(C[C@H](NC(=O)O[C@H]2CO[C@H]3OCO[C@H]32)[C@H](O)CN(CC(C)C)S(=O)(=O)c2cccc([N+](=O)[O-])c2)cc1)OCCCC. The van der Waals surface area contributed by atoms with Crippen molar-refractivity contribution < 1.29 is 60.5 Å². The third-order valence-corrected chi connectivity index (χ3v) is 12.0. The van der Waals surface area contributed by atoms with Crippen molar-refractivity contribution in [3.8, 4) is 5.75 Å². The summed E-state index contributed by atoms with van der Waals surface area (Å²) in [6, 6.07) is 10.2. The number of rotatable bonds is 23. The van der Waals surface area contributed by atoms with Crippen LogP contribution >= 0.6 is 7.60 Å². The number of nitrogens with one attached hydrogen (secondary N) is 1. The zero-order chi connectivity index (χ0) is 39.3. The van der Waals surface area contributed by atoms with E-state index in [1.807, 2.05) is 13.8 Å². The van der Waals surface area contributed by atoms with Crippen LogP contribution in [-0.2, 0) is 49.0 Å². The van der Waals surface area contributed by atoms with Gasteiger partial charge in [0, 0.05) is 25.2 Å². The van der Waals surface area contributed by atoms with Gasteiger partial charge in [0.1, 0.15) is 5.75 Å². The number of sulfonamides is 1. The van der Waals surface area contributed by atoms with Crippen LogP contribution in [0.1, 0.15) is 58.9 Å². The zero-order valence-electron chi connectivity index (χ0n) is 31.1. The van der Waals surface area contributed by atoms with Gasteiger partial charge < -0.3 is 43.2 Å². The summed E-state index contributed by atoms with van der Waals surface area (Å²) in [6.07, 6.45) is -1.57. The fourth-order valence-electron chi connectivity index (χ4n) is 5.63. The largest absolute Gasteiger partial charge is 0.481 e. The molecule has 2 aliphatic heterocycles. The Labute approximate surface area is 316 Å². The van der Waals surface area contributed by atoms with Crippen LogP contribution in [0.3, 0.4) is 0 Å². The van der Waals surface area contributed by atoms with Crippen LogP contribution < -0.4 is 10.1 Å². The first-order valence-corrected chi connectivity index (χ1v) is 21.3. The number of amides is 1. The summed E-state index contributed by atoms with van der Waals surface area (Å²) in [4.78, 5) is 23.6. The Hall–Kier alpha value is -3.19. The summed E-state index contributed by atoms with van der Waals surface area (Å²) < 4.78 is 80.8. The normalized spacial score (nSPS) is 19.8. The molecule has 0 bridgehead atoms. The lowest BCUT2D eigenvalue weighted by Crippen LogP contribution is -2.52. The van der Waals surface area contributed by atoms with Crippen LogP contribution in [0.25, 0.3) is 0 Å². The Balaban J connectivity index is 1.52. The molecule has 17 nitrogen and oxygen atoms in total. The molecule has 0 unspecified atom stereocenters. The molecule has 2 aromatic carbocycles. The van der Waals surface area contributed by atoms with Crippen molar-refractivity contribution in [1.29, 1.82) is 0 Å². The molecule has 0 radical (unpaired) electrons. The summed E-state index contributed by atoms with van der Waals surface area (Å²) in [5, 5.41) is 25.7. The lowest BCUT2D eigenvalue weighted by molar-refractivity contribution is -0.385. The summed E-state index contributed by atoms with van der Waals surface area (Å²) in [5.74, 6) is 0.185. The number of aliphatic hydroxyl groups excluding tert-OH is 1. The molecule has 1 amide bonds. The number of alkyl carbamates (subject to hydrolysis) is 1. The van der Waals surface area contributed by atoms with Gasteiger partial charge in [0.05, 0.1) is 41.8 Å². The quantitative estimate of drug-likeness (QED) is 0.0640. The van der Waals surface area contributed by atoms with Gasteiger partial charge >= 0.3 is 13.7 Å². The van der Waals surface area contributed by atoms with Crippen molar-refractivity contribution in [2.45, 2.75) is 95.3 Å². The molecule has 2 saturated heterocycles. The minimum absolute atomic E-state index is 0.0160. The smallest absolute Gasteiger partial charge is 0.407 e. The number of nitrogens with zero attached hydrogens (tertiary/aromatic N) is 2. The first-order valence-electron chi connectivity index (χ1n) is 18.1. The van der Waals surface area contributed by atoms with Gasteiger partial charge in [0.2, 0.25) is 10.0 Å². The molecule has 0 aliphatic carbocycles. The van der Waals surface area contributed by atoms with Gasteiger partial charge in [0.15, 0.2) is 31.6 Å². The molecule has 302 valence electrons. The van der Waals surface area contributed by atoms with E-state index in [-0.39, 0.29) is 56.7 Å². The molecule has 2 aromatic rings. The number of fused-ring (bicyclic) bond motifs is 1. The molecule has 0 aromatic heterocycles. The van der Waals surface area contributed by atoms with E-state index in [1.165, 1.54) is 18.2 Å². The van der Waals surface area contributed by atoms with Crippen LogP contribution in [0.15, 0.2) is 53.4 Å². The number of nitro benzene ring substituents is 1. The van der Waals surface area contributed by atoms with Gasteiger partial charge in [-0.05, 0) is 48.9 Å². The highest BCUT2D eigenvalue weighted by Gasteiger charge is 2.45. The molecular weight excluding hydrogens is 749 g/mol. The van der Waals surface area contributed by atoms with Crippen molar-refractivity contribution in [2.24, 2.45) is 5.92 Å². The van der Waals surface area contributed by atoms with E-state index in [2.05, 4.69) is 5.32 Å². The molecule has 0 spiro atoms. The maximum Gasteiger partial charge on any atom is 0.407 e. The maximum absolute atomic E-state index is 13.8. The Morgan fingerprint density at radius 2 is 1.74 bits per heavy atom. The van der Waals surface area contributed by atoms with Crippen LogP contribution in [-0.4, -0.2) is 106 Å². The Bertz CT molecular complexity index is 1650. The molecule has 2 N–H and O–H groups in total. The van der Waals surface area contributed by atoms with Gasteiger partial charge in [-0.3, -0.25) is 14.7 Å². The maximum atomic E-state index is 13.8. The first kappa shape index (κ1) is 43.5. The number of aliphatic hydroxyl groups is 1. The van der Waals surface area contributed by atoms with Gasteiger partial charge in [-0.1, -0.05) is 58.7 Å². The number of nitro groups is 1. The van der Waals surface area contributed by atoms with Crippen molar-refractivity contribution in [1.82, 2.24) is 9.62 Å². The second-order valence-corrected chi connectivity index (χ2v) is 17.4. The Morgan fingerprint density at radius 1 is 1.06 bits per heavy atom. The minimum Gasteiger partial charge on any atom is -0.481 e. The number of non-ortho nitro benzene ring substituents is 1. The molecule has 0 saturated carbocycles. The lowest BCUT2D eigenvalue weighted by Gasteiger charge is -2.31. The van der Waals surface area contributed by atoms with Crippen molar-refractivity contribution in [3.05, 3.63) is 64.2 Å². The molecule has 2 aliphatic rings. The highest BCUT2D eigenvalue weighted by atomic mass is 32.2. The predicted molar refractivity (Wildman–Crippen MR) is 195 cm³/mol. The van der Waals surface area contributed by atoms with E-state index in [0.29, 0.717) is 11.3 Å². The summed E-state index contributed by atoms with van der Waals surface area (Å²) in [6.45, 7) is 7.64. The van der Waals surface area contributed by atoms with Crippen LogP contribution in [0.5, 0.6) is 5.75 Å². The van der Waals surface area contributed by atoms with E-state index in [4.69, 9.17) is 32.7 Å². The second-order valence-electron chi connectivity index (χ2n) is 13.5. The zero-order valence-corrected chi connectivity index (χ0v) is 32.8. The summed E-state index contributed by atoms with van der Waals surface area (Å²) in [5.41, 5.74) is 0.225. The fraction of sp³-hybridized carbons (Fsp3) is 0.629. The summed E-state index contributed by atoms with van der Waals surface area (Å²) >= 11 is 0. The molecular formula is C35H52N3O14PS. The van der Waals surface area contributed by atoms with Crippen molar-refractivity contribution >= 4 is 29.4 Å². The molecule has 4 rings (SSSR count). The van der Waals surface area contributed by atoms with Crippen molar-refractivity contribution in [3.63, 3.8) is 0 Å². The highest BCUT2D eigenvalue weighted by molar-refractivity contribution is 7.89. The van der Waals surface area contributed by atoms with Gasteiger partial charge in [-0.15, -0.1) is 0 Å². The second kappa shape index (κ2) is 20.6. The average Bonchev–Trinajstić information content (AvgIpc) is 3.76. The van der Waals surface area contributed by atoms with Gasteiger partial charge in [-0.2, -0.15) is 4.31 Å². The predicted octanol–water partition coefficient (Wildman–Crippen LogP) is 5.20. The van der Waals surface area contributed by atoms with Crippen LogP contribution in [0.4, 0.5) is 10.5 Å². The number of carbonyl (C=O) groups excluding carboxylic acids is 1. The Kier molecular flexibility index (Phi) is 16.6. The standard InChI is InChI=1S/C35H52N3O14PS/c1-5-7-16-50-53(43,51-17-8-6-2)24-49-28-14-12-26(13-15-28)18-30(36-35(40)52-32-22-46-34-33(32)47-23-48-34)31(39)21-37(20-25(3)4)54(44,45)29-11-9-10-27(19-29)38(41)42/h9-15,19,25,30-34,39H,5-8,16-18,20-24H2,1-4H3,(H,36,40)/t30-,31+,32-,33-,34-/m0/s1. The van der Waals surface area contributed by atoms with Crippen LogP contribution in [0, 0.1) is 16.0 Å². The fourth-order valence-corrected chi connectivity index (χ4v) is 8.64. The number of hydrogen-bond acceptors (Lipinski definition) is 14. The van der Waals surface area contributed by atoms with E-state index >= 15 is 0 Å². The van der Waals surface area contributed by atoms with E-state index in [9.17, 15) is 33.0 Å². The van der Waals surface area contributed by atoms with Crippen molar-refractivity contribution in [2.75, 3.05) is 46.1 Å². The van der Waals surface area contributed by atoms with Gasteiger partial charge in [0.25, 0.3) is 5.69 Å². The lowest BCUT2D eigenvalue weighted by atomic mass is 10.0. The van der Waals surface area contributed by atoms with E-state index in [1.54, 1.807) is 38.1 Å². The van der Waals surface area contributed by atoms with E-state index < -0.39 is 71.5 Å². The van der Waals surface area contributed by atoms with Crippen LogP contribution in [0.2, 0.25) is 0 Å². The number of hydrogen-bond donors (Lipinski definition) is 2. The number of carbonyl (C=O) groups is 1. The molecule has 2 fully saturated rings. The third-order valence-electron chi connectivity index (χ3n) is 8.54. The topological polar surface area (TPSA) is 212 Å². The minimum atomic E-state index is -4.33. The third kappa shape index (κ3) is 12.7. The highest BCUT2D eigenvalue weighted by Crippen LogP contribution is 2.48. The monoisotopic (exact) mass is 801 g/mol. The molecule has 19 heteroatoms. The number of benzene rings is 2. The number of ether oxygens (including phenoxy) is 5. The molecule has 54 heavy (non-hydrogen) atoms. The average molecular weight is 802 g/mol. The van der Waals surface area contributed by atoms with Gasteiger partial charge in [-0.25, -0.2) is 13.2 Å².